The van der Waals surface area contributed by atoms with Crippen molar-refractivity contribution in [1.82, 2.24) is 19.6 Å². The Morgan fingerprint density at radius 2 is 2.00 bits per heavy atom. The fourth-order valence-electron chi connectivity index (χ4n) is 3.32. The van der Waals surface area contributed by atoms with Gasteiger partial charge in [0.2, 0.25) is 0 Å². The van der Waals surface area contributed by atoms with Gasteiger partial charge in [0.25, 0.3) is 0 Å². The van der Waals surface area contributed by atoms with Crippen molar-refractivity contribution < 1.29 is 4.74 Å². The number of likely N-dealkylation sites (N-methyl/N-ethyl adjacent to an activating group) is 1. The molecule has 0 radical (unpaired) electrons. The molecule has 24 heavy (non-hydrogen) atoms. The monoisotopic (exact) mass is 322 g/mol. The molecule has 1 N–H and O–H groups in total. The van der Waals surface area contributed by atoms with Crippen LogP contribution in [-0.4, -0.2) is 48.1 Å². The van der Waals surface area contributed by atoms with E-state index in [0.29, 0.717) is 6.04 Å². The number of pyridine rings is 1. The number of methoxy groups -OCH3 is 1. The molecule has 0 spiro atoms. The molecule has 1 fully saturated rings. The minimum atomic E-state index is 0.322. The number of nitrogens with one attached hydrogen (secondary N) is 1. The second kappa shape index (κ2) is 6.26. The van der Waals surface area contributed by atoms with Crippen molar-refractivity contribution in [3.05, 3.63) is 54.4 Å². The molecule has 4 rings (SSSR count). The third-order valence-electron chi connectivity index (χ3n) is 4.75. The molecule has 0 bridgehead atoms. The summed E-state index contributed by atoms with van der Waals surface area (Å²) < 4.78 is 7.44. The number of aromatic nitrogens is 2. The van der Waals surface area contributed by atoms with Gasteiger partial charge in [-0.15, -0.1) is 0 Å². The van der Waals surface area contributed by atoms with Gasteiger partial charge in [-0.1, -0.05) is 6.07 Å². The number of piperazine rings is 1. The Labute approximate surface area is 141 Å². The number of benzene rings is 1. The maximum atomic E-state index is 5.26. The van der Waals surface area contributed by atoms with Crippen LogP contribution in [0, 0.1) is 0 Å². The van der Waals surface area contributed by atoms with Crippen molar-refractivity contribution in [3.63, 3.8) is 0 Å². The van der Waals surface area contributed by atoms with Crippen LogP contribution < -0.4 is 10.1 Å². The van der Waals surface area contributed by atoms with Crippen molar-refractivity contribution in [1.29, 1.82) is 0 Å². The molecule has 1 atom stereocenters. The average molecular weight is 322 g/mol. The zero-order valence-electron chi connectivity index (χ0n) is 14.1. The summed E-state index contributed by atoms with van der Waals surface area (Å²) >= 11 is 0. The van der Waals surface area contributed by atoms with Crippen LogP contribution in [0.5, 0.6) is 5.75 Å². The lowest BCUT2D eigenvalue weighted by molar-refractivity contribution is 0.199. The van der Waals surface area contributed by atoms with E-state index in [2.05, 4.69) is 58.2 Å². The lowest BCUT2D eigenvalue weighted by atomic mass is 10.1. The fourth-order valence-corrected chi connectivity index (χ4v) is 3.32. The summed E-state index contributed by atoms with van der Waals surface area (Å²) in [5.41, 5.74) is 4.39. The smallest absolute Gasteiger partial charge is 0.137 e. The summed E-state index contributed by atoms with van der Waals surface area (Å²) in [5.74, 6) is 0.868. The molecular weight excluding hydrogens is 300 g/mol. The van der Waals surface area contributed by atoms with Crippen LogP contribution in [-0.2, 0) is 0 Å². The number of fused-ring (bicyclic) bond motifs is 1. The summed E-state index contributed by atoms with van der Waals surface area (Å²) in [5, 5.41) is 3.46. The molecule has 124 valence electrons. The van der Waals surface area contributed by atoms with Crippen LogP contribution in [0.4, 0.5) is 0 Å². The highest BCUT2D eigenvalue weighted by Crippen LogP contribution is 2.26. The Balaban J connectivity index is 1.76. The van der Waals surface area contributed by atoms with Crippen LogP contribution in [0.2, 0.25) is 0 Å². The Morgan fingerprint density at radius 1 is 1.17 bits per heavy atom. The predicted molar refractivity (Wildman–Crippen MR) is 95.4 cm³/mol. The number of imidazole rings is 1. The molecule has 0 saturated carbocycles. The van der Waals surface area contributed by atoms with Gasteiger partial charge in [-0.3, -0.25) is 9.30 Å². The molecule has 5 heteroatoms. The first kappa shape index (κ1) is 15.2. The van der Waals surface area contributed by atoms with Crippen LogP contribution >= 0.6 is 0 Å². The second-order valence-electron chi connectivity index (χ2n) is 6.23. The molecule has 3 aromatic rings. The van der Waals surface area contributed by atoms with Gasteiger partial charge in [0, 0.05) is 25.8 Å². The summed E-state index contributed by atoms with van der Waals surface area (Å²) in [6, 6.07) is 14.7. The zero-order chi connectivity index (χ0) is 16.5. The molecule has 5 nitrogen and oxygen atoms in total. The summed E-state index contributed by atoms with van der Waals surface area (Å²) in [6.07, 6.45) is 2.17. The van der Waals surface area contributed by atoms with Gasteiger partial charge in [0.05, 0.1) is 24.5 Å². The number of hydrogen-bond acceptors (Lipinski definition) is 4. The Morgan fingerprint density at radius 3 is 2.75 bits per heavy atom. The Hall–Kier alpha value is -2.37. The topological polar surface area (TPSA) is 41.8 Å². The highest BCUT2D eigenvalue weighted by atomic mass is 16.5. The molecular formula is C19H22N4O. The van der Waals surface area contributed by atoms with Gasteiger partial charge in [-0.25, -0.2) is 4.98 Å². The van der Waals surface area contributed by atoms with Gasteiger partial charge in [-0.2, -0.15) is 0 Å². The van der Waals surface area contributed by atoms with Crippen molar-refractivity contribution in [3.8, 4) is 17.0 Å². The minimum Gasteiger partial charge on any atom is -0.497 e. The molecule has 1 unspecified atom stereocenters. The first-order valence-electron chi connectivity index (χ1n) is 8.29. The standard InChI is InChI=1S/C19H22N4O/c1-22-11-10-20-12-18(22)16-13-23-17(4-3-5-19(23)21-16)14-6-8-15(24-2)9-7-14/h3-9,13,18,20H,10-12H2,1-2H3. The molecule has 2 aromatic heterocycles. The minimum absolute atomic E-state index is 0.322. The van der Waals surface area contributed by atoms with Crippen LogP contribution in [0.1, 0.15) is 11.7 Å². The number of ether oxygens (including phenoxy) is 1. The van der Waals surface area contributed by atoms with Crippen LogP contribution in [0.25, 0.3) is 16.9 Å². The Kier molecular flexibility index (Phi) is 3.96. The third kappa shape index (κ3) is 2.66. The van der Waals surface area contributed by atoms with E-state index in [1.54, 1.807) is 7.11 Å². The molecule has 1 saturated heterocycles. The van der Waals surface area contributed by atoms with Gasteiger partial charge in [-0.05, 0) is 49.0 Å². The van der Waals surface area contributed by atoms with Crippen molar-refractivity contribution >= 4 is 5.65 Å². The molecule has 1 aliphatic rings. The van der Waals surface area contributed by atoms with E-state index in [-0.39, 0.29) is 0 Å². The first-order chi connectivity index (χ1) is 11.8. The Bertz CT molecular complexity index is 840. The van der Waals surface area contributed by atoms with Crippen LogP contribution in [0.3, 0.4) is 0 Å². The third-order valence-corrected chi connectivity index (χ3v) is 4.75. The average Bonchev–Trinajstić information content (AvgIpc) is 3.06. The van der Waals surface area contributed by atoms with Gasteiger partial charge < -0.3 is 10.1 Å². The maximum Gasteiger partial charge on any atom is 0.137 e. The SMILES string of the molecule is COc1ccc(-c2cccc3nc(C4CNCCN4C)cn23)cc1. The molecule has 3 heterocycles. The summed E-state index contributed by atoms with van der Waals surface area (Å²) in [6.45, 7) is 3.03. The van der Waals surface area contributed by atoms with E-state index in [1.807, 2.05) is 12.1 Å². The zero-order valence-corrected chi connectivity index (χ0v) is 14.1. The largest absolute Gasteiger partial charge is 0.497 e. The van der Waals surface area contributed by atoms with Crippen LogP contribution in [0.15, 0.2) is 48.7 Å². The predicted octanol–water partition coefficient (Wildman–Crippen LogP) is 2.59. The number of rotatable bonds is 3. The van der Waals surface area contributed by atoms with E-state index in [4.69, 9.17) is 9.72 Å². The molecule has 1 aromatic carbocycles. The summed E-state index contributed by atoms with van der Waals surface area (Å²) in [7, 11) is 3.85. The highest BCUT2D eigenvalue weighted by molar-refractivity contribution is 5.64. The first-order valence-corrected chi connectivity index (χ1v) is 8.29. The van der Waals surface area contributed by atoms with E-state index in [9.17, 15) is 0 Å². The van der Waals surface area contributed by atoms with E-state index < -0.39 is 0 Å². The lowest BCUT2D eigenvalue weighted by Crippen LogP contribution is -2.43. The lowest BCUT2D eigenvalue weighted by Gasteiger charge is -2.31. The van der Waals surface area contributed by atoms with E-state index in [1.165, 1.54) is 0 Å². The van der Waals surface area contributed by atoms with Gasteiger partial charge >= 0.3 is 0 Å². The number of nitrogens with zero attached hydrogens (tertiary/aromatic N) is 3. The molecule has 0 aliphatic carbocycles. The second-order valence-corrected chi connectivity index (χ2v) is 6.23. The molecule has 1 aliphatic heterocycles. The normalized spacial score (nSPS) is 18.8. The summed E-state index contributed by atoms with van der Waals surface area (Å²) in [4.78, 5) is 7.23. The highest BCUT2D eigenvalue weighted by Gasteiger charge is 2.23. The molecule has 0 amide bonds. The maximum absolute atomic E-state index is 5.26. The fraction of sp³-hybridized carbons (Fsp3) is 0.316. The van der Waals surface area contributed by atoms with Crippen molar-refractivity contribution in [2.75, 3.05) is 33.8 Å². The van der Waals surface area contributed by atoms with Gasteiger partial charge in [0.15, 0.2) is 0 Å². The van der Waals surface area contributed by atoms with E-state index >= 15 is 0 Å². The van der Waals surface area contributed by atoms with E-state index in [0.717, 1.165) is 48.0 Å². The number of hydrogen-bond donors (Lipinski definition) is 1. The van der Waals surface area contributed by atoms with Gasteiger partial charge in [0.1, 0.15) is 11.4 Å². The quantitative estimate of drug-likeness (QED) is 0.805. The van der Waals surface area contributed by atoms with Crippen molar-refractivity contribution in [2.24, 2.45) is 0 Å². The van der Waals surface area contributed by atoms with Crippen molar-refractivity contribution in [2.45, 2.75) is 6.04 Å².